The zero-order chi connectivity index (χ0) is 35.3. The third-order valence-electron chi connectivity index (χ3n) is 7.06. The first-order chi connectivity index (χ1) is 24.0. The van der Waals surface area contributed by atoms with E-state index in [0.717, 1.165) is 0 Å². The minimum absolute atomic E-state index is 0.0195. The average Bonchev–Trinajstić information content (AvgIpc) is 3.53. The number of benzene rings is 7. The van der Waals surface area contributed by atoms with E-state index in [1.165, 1.54) is 0 Å². The predicted octanol–water partition coefficient (Wildman–Crippen LogP) is 10.9. The van der Waals surface area contributed by atoms with E-state index < -0.39 is 18.1 Å². The van der Waals surface area contributed by atoms with Gasteiger partial charge in [0.05, 0.1) is 15.1 Å². The highest BCUT2D eigenvalue weighted by molar-refractivity contribution is 6.22. The van der Waals surface area contributed by atoms with Gasteiger partial charge in [0.15, 0.2) is 0 Å². The standard InChI is InChI=1S/C38H24O/c1-3-12-25(13-4-1)28-20-11-21-33-34-24-27(22-23-35(34)39-38(28)33)37-31-18-9-7-16-29(31)36(26-14-5-2-6-15-26)30-17-8-10-19-32(30)37/h1-24H/i2D,5D,6D,11D,14D,15D,20D,21D,22D,23D,24D. The van der Waals surface area contributed by atoms with Crippen LogP contribution in [0.2, 0.25) is 0 Å². The molecule has 182 valence electrons. The molecule has 1 nitrogen and oxygen atoms in total. The van der Waals surface area contributed by atoms with Gasteiger partial charge in [0, 0.05) is 16.3 Å². The van der Waals surface area contributed by atoms with E-state index >= 15 is 0 Å². The summed E-state index contributed by atoms with van der Waals surface area (Å²) in [5.41, 5.74) is 1.73. The molecule has 1 aromatic heterocycles. The molecule has 0 atom stereocenters. The Hall–Kier alpha value is -5.14. The third-order valence-corrected chi connectivity index (χ3v) is 7.06. The van der Waals surface area contributed by atoms with Crippen LogP contribution in [0.25, 0.3) is 76.9 Å². The monoisotopic (exact) mass is 507 g/mol. The van der Waals surface area contributed by atoms with Crippen molar-refractivity contribution in [2.75, 3.05) is 0 Å². The van der Waals surface area contributed by atoms with Crippen molar-refractivity contribution in [1.82, 2.24) is 0 Å². The molecular weight excluding hydrogens is 472 g/mol. The molecule has 0 amide bonds. The van der Waals surface area contributed by atoms with E-state index in [0.29, 0.717) is 38.2 Å². The van der Waals surface area contributed by atoms with Gasteiger partial charge in [-0.2, -0.15) is 0 Å². The van der Waals surface area contributed by atoms with E-state index in [2.05, 4.69) is 0 Å². The Morgan fingerprint density at radius 1 is 0.436 bits per heavy atom. The molecule has 1 heteroatoms. The van der Waals surface area contributed by atoms with Crippen LogP contribution in [0.5, 0.6) is 0 Å². The summed E-state index contributed by atoms with van der Waals surface area (Å²) in [6, 6.07) is 19.1. The molecule has 0 saturated carbocycles. The Balaban J connectivity index is 1.57. The largest absolute Gasteiger partial charge is 0.455 e. The molecule has 0 spiro atoms. The number of hydrogen-bond donors (Lipinski definition) is 0. The summed E-state index contributed by atoms with van der Waals surface area (Å²) in [5.74, 6) is 0. The second-order valence-electron chi connectivity index (χ2n) is 9.22. The summed E-state index contributed by atoms with van der Waals surface area (Å²) in [4.78, 5) is 0. The first kappa shape index (κ1) is 13.6. The Morgan fingerprint density at radius 2 is 1.05 bits per heavy atom. The molecule has 0 unspecified atom stereocenters. The van der Waals surface area contributed by atoms with Crippen molar-refractivity contribution in [3.8, 4) is 33.4 Å². The fourth-order valence-corrected chi connectivity index (χ4v) is 5.40. The summed E-state index contributed by atoms with van der Waals surface area (Å²) in [6.07, 6.45) is 0. The second kappa shape index (κ2) is 8.72. The van der Waals surface area contributed by atoms with Crippen molar-refractivity contribution in [2.24, 2.45) is 0 Å². The molecule has 0 aliphatic carbocycles. The average molecular weight is 508 g/mol. The van der Waals surface area contributed by atoms with Crippen LogP contribution < -0.4 is 0 Å². The highest BCUT2D eigenvalue weighted by Crippen LogP contribution is 2.45. The lowest BCUT2D eigenvalue weighted by molar-refractivity contribution is 0.670. The van der Waals surface area contributed by atoms with Gasteiger partial charge >= 0.3 is 0 Å². The van der Waals surface area contributed by atoms with Crippen LogP contribution in [0.15, 0.2) is 150 Å². The van der Waals surface area contributed by atoms with E-state index in [4.69, 9.17) is 16.8 Å². The molecule has 1 heterocycles. The van der Waals surface area contributed by atoms with Gasteiger partial charge in [-0.15, -0.1) is 0 Å². The number of rotatable bonds is 3. The zero-order valence-corrected chi connectivity index (χ0v) is 20.4. The van der Waals surface area contributed by atoms with Crippen LogP contribution in [-0.2, 0) is 0 Å². The highest BCUT2D eigenvalue weighted by Gasteiger charge is 2.18. The second-order valence-corrected chi connectivity index (χ2v) is 9.22. The first-order valence-electron chi connectivity index (χ1n) is 18.0. The van der Waals surface area contributed by atoms with Gasteiger partial charge in [0.25, 0.3) is 0 Å². The maximum absolute atomic E-state index is 9.64. The number of furan rings is 1. The van der Waals surface area contributed by atoms with Crippen LogP contribution in [-0.4, -0.2) is 0 Å². The Labute approximate surface area is 242 Å². The molecule has 0 aliphatic rings. The fourth-order valence-electron chi connectivity index (χ4n) is 5.40. The topological polar surface area (TPSA) is 13.1 Å². The summed E-state index contributed by atoms with van der Waals surface area (Å²) < 4.78 is 103. The molecule has 8 rings (SSSR count). The Kier molecular flexibility index (Phi) is 3.04. The lowest BCUT2D eigenvalue weighted by Gasteiger charge is -2.17. The molecule has 8 aromatic rings. The van der Waals surface area contributed by atoms with Crippen molar-refractivity contribution in [3.05, 3.63) is 145 Å². The zero-order valence-electron chi connectivity index (χ0n) is 31.4. The van der Waals surface area contributed by atoms with E-state index in [-0.39, 0.29) is 87.0 Å². The third kappa shape index (κ3) is 3.41. The minimum Gasteiger partial charge on any atom is -0.455 e. The van der Waals surface area contributed by atoms with Crippen LogP contribution in [0.3, 0.4) is 0 Å². The summed E-state index contributed by atoms with van der Waals surface area (Å²) in [7, 11) is 0. The normalized spacial score (nSPS) is 15.5. The molecule has 39 heavy (non-hydrogen) atoms. The van der Waals surface area contributed by atoms with Crippen molar-refractivity contribution < 1.29 is 19.5 Å². The predicted molar refractivity (Wildman–Crippen MR) is 165 cm³/mol. The smallest absolute Gasteiger partial charge is 0.143 e. The quantitative estimate of drug-likeness (QED) is 0.217. The molecular formula is C38H24O. The van der Waals surface area contributed by atoms with E-state index in [9.17, 15) is 2.74 Å². The van der Waals surface area contributed by atoms with E-state index in [1.807, 2.05) is 6.07 Å². The SMILES string of the molecule is [2H]c1c([2H])c([2H])c(-c2c3ccccc3c(-c3c([2H])c([2H])c4oc5c(-c6ccccc6)c([2H])c([2H])c([2H])c5c4c3[2H])c3ccccc23)c([2H])c1[2H]. The highest BCUT2D eigenvalue weighted by atomic mass is 16.3. The van der Waals surface area contributed by atoms with Crippen LogP contribution in [0, 0.1) is 0 Å². The Morgan fingerprint density at radius 3 is 1.72 bits per heavy atom. The van der Waals surface area contributed by atoms with Crippen molar-refractivity contribution in [1.29, 1.82) is 0 Å². The van der Waals surface area contributed by atoms with Crippen LogP contribution in [0.1, 0.15) is 15.1 Å². The van der Waals surface area contributed by atoms with Gasteiger partial charge in [-0.1, -0.05) is 133 Å². The first-order valence-corrected chi connectivity index (χ1v) is 12.5. The molecule has 0 aliphatic heterocycles. The molecule has 7 aromatic carbocycles. The fraction of sp³-hybridized carbons (Fsp3) is 0. The maximum atomic E-state index is 9.64. The molecule has 0 radical (unpaired) electrons. The van der Waals surface area contributed by atoms with Gasteiger partial charge in [-0.25, -0.2) is 0 Å². The molecule has 0 saturated heterocycles. The van der Waals surface area contributed by atoms with Crippen LogP contribution in [0.4, 0.5) is 0 Å². The maximum Gasteiger partial charge on any atom is 0.143 e. The van der Waals surface area contributed by atoms with Crippen molar-refractivity contribution in [3.63, 3.8) is 0 Å². The van der Waals surface area contributed by atoms with Gasteiger partial charge in [-0.3, -0.25) is 0 Å². The van der Waals surface area contributed by atoms with Crippen molar-refractivity contribution >= 4 is 43.5 Å². The Bertz CT molecular complexity index is 2680. The number of para-hydroxylation sites is 1. The van der Waals surface area contributed by atoms with Gasteiger partial charge in [0.2, 0.25) is 0 Å². The lowest BCUT2D eigenvalue weighted by atomic mass is 9.86. The molecule has 0 bridgehead atoms. The summed E-state index contributed by atoms with van der Waals surface area (Å²) >= 11 is 0. The summed E-state index contributed by atoms with van der Waals surface area (Å²) in [6.45, 7) is 0. The number of fused-ring (bicyclic) bond motifs is 5. The molecule has 0 fully saturated rings. The van der Waals surface area contributed by atoms with Gasteiger partial charge in [0.1, 0.15) is 11.2 Å². The summed E-state index contributed by atoms with van der Waals surface area (Å²) in [5, 5.41) is 2.25. The van der Waals surface area contributed by atoms with Gasteiger partial charge in [-0.05, 0) is 61.4 Å². The lowest BCUT2D eigenvalue weighted by Crippen LogP contribution is -1.90. The van der Waals surface area contributed by atoms with Crippen LogP contribution >= 0.6 is 0 Å². The van der Waals surface area contributed by atoms with Gasteiger partial charge < -0.3 is 4.42 Å². The molecule has 0 N–H and O–H groups in total. The van der Waals surface area contributed by atoms with E-state index in [1.54, 1.807) is 72.8 Å². The van der Waals surface area contributed by atoms with Crippen molar-refractivity contribution in [2.45, 2.75) is 0 Å². The number of hydrogen-bond acceptors (Lipinski definition) is 1. The minimum atomic E-state index is -0.507.